The SMILES string of the molecule is CN1CCC(=C2c3cc(Cl)ccc3OCc3cccnc32)CC1. The molecule has 0 unspecified atom stereocenters. The molecule has 1 fully saturated rings. The molecule has 1 saturated heterocycles. The minimum absolute atomic E-state index is 0.550. The number of likely N-dealkylation sites (tertiary alicyclic amines) is 1. The molecule has 0 N–H and O–H groups in total. The predicted octanol–water partition coefficient (Wildman–Crippen LogP) is 4.15. The fraction of sp³-hybridized carbons (Fsp3) is 0.316. The number of piperidine rings is 1. The third-order valence-electron chi connectivity index (χ3n) is 4.67. The van der Waals surface area contributed by atoms with Gasteiger partial charge < -0.3 is 9.64 Å². The van der Waals surface area contributed by atoms with Gasteiger partial charge in [-0.25, -0.2) is 0 Å². The summed E-state index contributed by atoms with van der Waals surface area (Å²) in [5, 5.41) is 0.734. The number of fused-ring (bicyclic) bond motifs is 2. The topological polar surface area (TPSA) is 25.4 Å². The third kappa shape index (κ3) is 2.75. The zero-order chi connectivity index (χ0) is 15.8. The van der Waals surface area contributed by atoms with Crippen LogP contribution in [0.25, 0.3) is 5.57 Å². The van der Waals surface area contributed by atoms with Gasteiger partial charge in [0.05, 0.1) is 5.69 Å². The Bertz CT molecular complexity index is 775. The molecular formula is C19H19ClN2O. The first-order valence-electron chi connectivity index (χ1n) is 8.00. The molecule has 4 heteroatoms. The summed E-state index contributed by atoms with van der Waals surface area (Å²) in [7, 11) is 2.18. The second-order valence-electron chi connectivity index (χ2n) is 6.22. The molecule has 3 heterocycles. The number of halogens is 1. The lowest BCUT2D eigenvalue weighted by atomic mass is 9.89. The van der Waals surface area contributed by atoms with Crippen LogP contribution in [0.3, 0.4) is 0 Å². The Balaban J connectivity index is 1.95. The van der Waals surface area contributed by atoms with Gasteiger partial charge in [0.2, 0.25) is 0 Å². The average Bonchev–Trinajstić information content (AvgIpc) is 2.72. The lowest BCUT2D eigenvalue weighted by molar-refractivity contribution is 0.307. The van der Waals surface area contributed by atoms with Crippen molar-refractivity contribution in [3.05, 3.63) is 63.9 Å². The van der Waals surface area contributed by atoms with Crippen molar-refractivity contribution in [3.8, 4) is 5.75 Å². The molecule has 0 spiro atoms. The number of nitrogens with zero attached hydrogens (tertiary/aromatic N) is 2. The summed E-state index contributed by atoms with van der Waals surface area (Å²) in [6.07, 6.45) is 3.99. The van der Waals surface area contributed by atoms with Crippen LogP contribution in [0.15, 0.2) is 42.1 Å². The first-order valence-corrected chi connectivity index (χ1v) is 8.38. The summed E-state index contributed by atoms with van der Waals surface area (Å²) in [5.41, 5.74) is 5.95. The summed E-state index contributed by atoms with van der Waals surface area (Å²) >= 11 is 6.28. The summed E-state index contributed by atoms with van der Waals surface area (Å²) in [5.74, 6) is 0.897. The fourth-order valence-corrected chi connectivity index (χ4v) is 3.56. The van der Waals surface area contributed by atoms with Crippen LogP contribution in [0, 0.1) is 0 Å². The maximum Gasteiger partial charge on any atom is 0.127 e. The second-order valence-corrected chi connectivity index (χ2v) is 6.66. The van der Waals surface area contributed by atoms with E-state index < -0.39 is 0 Å². The van der Waals surface area contributed by atoms with E-state index in [2.05, 4.69) is 23.0 Å². The van der Waals surface area contributed by atoms with E-state index in [0.29, 0.717) is 6.61 Å². The van der Waals surface area contributed by atoms with Crippen LogP contribution < -0.4 is 4.74 Å². The van der Waals surface area contributed by atoms with Crippen molar-refractivity contribution < 1.29 is 4.74 Å². The number of pyridine rings is 1. The first-order chi connectivity index (χ1) is 11.2. The van der Waals surface area contributed by atoms with Crippen molar-refractivity contribution in [1.29, 1.82) is 0 Å². The van der Waals surface area contributed by atoms with Crippen LogP contribution in [-0.2, 0) is 6.61 Å². The lowest BCUT2D eigenvalue weighted by Gasteiger charge is -2.26. The number of benzene rings is 1. The molecule has 3 nitrogen and oxygen atoms in total. The lowest BCUT2D eigenvalue weighted by Crippen LogP contribution is -2.27. The van der Waals surface area contributed by atoms with Crippen molar-refractivity contribution in [3.63, 3.8) is 0 Å². The summed E-state index contributed by atoms with van der Waals surface area (Å²) in [4.78, 5) is 7.06. The molecule has 1 aromatic carbocycles. The Morgan fingerprint density at radius 1 is 1.17 bits per heavy atom. The van der Waals surface area contributed by atoms with E-state index in [1.165, 1.54) is 11.1 Å². The van der Waals surface area contributed by atoms with Gasteiger partial charge in [0.15, 0.2) is 0 Å². The molecule has 0 bridgehead atoms. The normalized spacial score (nSPS) is 18.0. The Labute approximate surface area is 141 Å². The molecule has 23 heavy (non-hydrogen) atoms. The minimum atomic E-state index is 0.550. The summed E-state index contributed by atoms with van der Waals surface area (Å²) in [6.45, 7) is 2.71. The van der Waals surface area contributed by atoms with Crippen LogP contribution in [0.1, 0.15) is 29.7 Å². The zero-order valence-corrected chi connectivity index (χ0v) is 13.9. The highest BCUT2D eigenvalue weighted by molar-refractivity contribution is 6.30. The Morgan fingerprint density at radius 3 is 2.83 bits per heavy atom. The van der Waals surface area contributed by atoms with E-state index in [4.69, 9.17) is 16.3 Å². The Kier molecular flexibility index (Phi) is 3.83. The number of aromatic nitrogens is 1. The van der Waals surface area contributed by atoms with Gasteiger partial charge in [-0.05, 0) is 44.2 Å². The summed E-state index contributed by atoms with van der Waals surface area (Å²) < 4.78 is 6.03. The van der Waals surface area contributed by atoms with E-state index in [-0.39, 0.29) is 0 Å². The van der Waals surface area contributed by atoms with Gasteiger partial charge in [-0.2, -0.15) is 0 Å². The molecule has 118 valence electrons. The van der Waals surface area contributed by atoms with Gasteiger partial charge in [-0.3, -0.25) is 4.98 Å². The highest BCUT2D eigenvalue weighted by atomic mass is 35.5. The molecule has 1 aromatic heterocycles. The van der Waals surface area contributed by atoms with Gasteiger partial charge in [-0.1, -0.05) is 23.2 Å². The van der Waals surface area contributed by atoms with E-state index in [1.807, 2.05) is 30.5 Å². The molecular weight excluding hydrogens is 308 g/mol. The quantitative estimate of drug-likeness (QED) is 0.727. The summed E-state index contributed by atoms with van der Waals surface area (Å²) in [6, 6.07) is 9.95. The van der Waals surface area contributed by atoms with Crippen LogP contribution in [0.2, 0.25) is 5.02 Å². The first kappa shape index (κ1) is 14.7. The van der Waals surface area contributed by atoms with Gasteiger partial charge in [-0.15, -0.1) is 0 Å². The molecule has 0 amide bonds. The molecule has 2 aromatic rings. The molecule has 0 radical (unpaired) electrons. The van der Waals surface area contributed by atoms with Crippen LogP contribution >= 0.6 is 11.6 Å². The Hall–Kier alpha value is -1.84. The third-order valence-corrected chi connectivity index (χ3v) is 4.90. The van der Waals surface area contributed by atoms with E-state index in [0.717, 1.165) is 53.5 Å². The Morgan fingerprint density at radius 2 is 2.00 bits per heavy atom. The number of ether oxygens (including phenoxy) is 1. The highest BCUT2D eigenvalue weighted by Crippen LogP contribution is 2.40. The van der Waals surface area contributed by atoms with Gasteiger partial charge in [0.25, 0.3) is 0 Å². The van der Waals surface area contributed by atoms with E-state index in [9.17, 15) is 0 Å². The van der Waals surface area contributed by atoms with Gasteiger partial charge >= 0.3 is 0 Å². The van der Waals surface area contributed by atoms with Crippen molar-refractivity contribution in [2.45, 2.75) is 19.4 Å². The standard InChI is InChI=1S/C19H19ClN2O/c1-22-9-6-13(7-10-22)18-16-11-15(20)4-5-17(16)23-12-14-3-2-8-21-19(14)18/h2-5,8,11H,6-7,9-10,12H2,1H3. The van der Waals surface area contributed by atoms with Crippen LogP contribution in [0.4, 0.5) is 0 Å². The largest absolute Gasteiger partial charge is 0.488 e. The molecule has 4 rings (SSSR count). The van der Waals surface area contributed by atoms with Gasteiger partial charge in [0, 0.05) is 41.0 Å². The molecule has 0 atom stereocenters. The molecule has 2 aliphatic rings. The van der Waals surface area contributed by atoms with Crippen LogP contribution in [-0.4, -0.2) is 30.0 Å². The number of rotatable bonds is 0. The number of hydrogen-bond acceptors (Lipinski definition) is 3. The fourth-order valence-electron chi connectivity index (χ4n) is 3.38. The van der Waals surface area contributed by atoms with Crippen molar-refractivity contribution in [1.82, 2.24) is 9.88 Å². The maximum absolute atomic E-state index is 6.28. The van der Waals surface area contributed by atoms with Crippen molar-refractivity contribution in [2.24, 2.45) is 0 Å². The minimum Gasteiger partial charge on any atom is -0.488 e. The molecule has 0 aliphatic carbocycles. The van der Waals surface area contributed by atoms with E-state index in [1.54, 1.807) is 0 Å². The van der Waals surface area contributed by atoms with Crippen LogP contribution in [0.5, 0.6) is 5.75 Å². The highest BCUT2D eigenvalue weighted by Gasteiger charge is 2.25. The second kappa shape index (κ2) is 5.99. The zero-order valence-electron chi connectivity index (χ0n) is 13.2. The smallest absolute Gasteiger partial charge is 0.127 e. The number of hydrogen-bond donors (Lipinski definition) is 0. The predicted molar refractivity (Wildman–Crippen MR) is 92.8 cm³/mol. The van der Waals surface area contributed by atoms with Crippen molar-refractivity contribution >= 4 is 17.2 Å². The average molecular weight is 327 g/mol. The maximum atomic E-state index is 6.28. The molecule has 0 saturated carbocycles. The molecule has 2 aliphatic heterocycles. The van der Waals surface area contributed by atoms with Gasteiger partial charge in [0.1, 0.15) is 12.4 Å². The monoisotopic (exact) mass is 326 g/mol. The van der Waals surface area contributed by atoms with E-state index >= 15 is 0 Å². The van der Waals surface area contributed by atoms with Crippen molar-refractivity contribution in [2.75, 3.05) is 20.1 Å².